The Morgan fingerprint density at radius 3 is 2.50 bits per heavy atom. The van der Waals surface area contributed by atoms with Gasteiger partial charge < -0.3 is 10.1 Å². The normalized spacial score (nSPS) is 10.6. The van der Waals surface area contributed by atoms with E-state index >= 15 is 0 Å². The maximum Gasteiger partial charge on any atom is 0.329 e. The summed E-state index contributed by atoms with van der Waals surface area (Å²) in [7, 11) is 0. The predicted molar refractivity (Wildman–Crippen MR) is 103 cm³/mol. The first-order chi connectivity index (χ1) is 12.5. The highest BCUT2D eigenvalue weighted by Crippen LogP contribution is 2.17. The Bertz CT molecular complexity index is 798. The molecule has 0 fully saturated rings. The number of amides is 2. The molecule has 0 heterocycles. The number of rotatable bonds is 6. The van der Waals surface area contributed by atoms with E-state index < -0.39 is 11.8 Å². The lowest BCUT2D eigenvalue weighted by atomic mass is 10.1. The van der Waals surface area contributed by atoms with Gasteiger partial charge in [-0.05, 0) is 67.3 Å². The van der Waals surface area contributed by atoms with Crippen LogP contribution in [0.2, 0.25) is 0 Å². The molecule has 2 N–H and O–H groups in total. The lowest BCUT2D eigenvalue weighted by molar-refractivity contribution is -0.136. The first-order valence-electron chi connectivity index (χ1n) is 8.44. The van der Waals surface area contributed by atoms with Crippen LogP contribution in [0.25, 0.3) is 0 Å². The number of hydrogen-bond donors (Lipinski definition) is 2. The van der Waals surface area contributed by atoms with Crippen LogP contribution in [0.3, 0.4) is 0 Å². The van der Waals surface area contributed by atoms with E-state index in [0.29, 0.717) is 12.3 Å². The molecular weight excluding hydrogens is 330 g/mol. The molecule has 2 aromatic rings. The van der Waals surface area contributed by atoms with Crippen LogP contribution in [0, 0.1) is 13.8 Å². The van der Waals surface area contributed by atoms with E-state index in [-0.39, 0.29) is 0 Å². The van der Waals surface area contributed by atoms with Gasteiger partial charge in [0.2, 0.25) is 0 Å². The van der Waals surface area contributed by atoms with Gasteiger partial charge in [0, 0.05) is 5.69 Å². The van der Waals surface area contributed by atoms with Crippen molar-refractivity contribution in [3.63, 3.8) is 0 Å². The first-order valence-corrected chi connectivity index (χ1v) is 8.44. The summed E-state index contributed by atoms with van der Waals surface area (Å²) in [6, 6.07) is 12.8. The lowest BCUT2D eigenvalue weighted by Gasteiger charge is -2.09. The van der Waals surface area contributed by atoms with Crippen LogP contribution in [0.5, 0.6) is 5.75 Å². The molecule has 6 nitrogen and oxygen atoms in total. The Labute approximate surface area is 153 Å². The number of carbonyl (C=O) groups excluding carboxylic acids is 2. The minimum Gasteiger partial charge on any atom is -0.494 e. The SMILES string of the molecule is CCCOc1ccc(/C=N\NC(=O)C(=O)Nc2cccc(C)c2C)cc1. The largest absolute Gasteiger partial charge is 0.494 e. The van der Waals surface area contributed by atoms with Gasteiger partial charge in [-0.25, -0.2) is 5.43 Å². The number of aryl methyl sites for hydroxylation is 1. The first kappa shape index (κ1) is 19.2. The van der Waals surface area contributed by atoms with Crippen LogP contribution in [0.4, 0.5) is 5.69 Å². The average molecular weight is 353 g/mol. The van der Waals surface area contributed by atoms with E-state index in [9.17, 15) is 9.59 Å². The summed E-state index contributed by atoms with van der Waals surface area (Å²) < 4.78 is 5.49. The molecule has 0 saturated heterocycles. The fourth-order valence-electron chi connectivity index (χ4n) is 2.15. The fourth-order valence-corrected chi connectivity index (χ4v) is 2.15. The van der Waals surface area contributed by atoms with Gasteiger partial charge in [-0.1, -0.05) is 19.1 Å². The number of anilines is 1. The van der Waals surface area contributed by atoms with Crippen molar-refractivity contribution in [1.29, 1.82) is 0 Å². The molecule has 2 rings (SSSR count). The second-order valence-corrected chi connectivity index (χ2v) is 5.82. The lowest BCUT2D eigenvalue weighted by Crippen LogP contribution is -2.32. The van der Waals surface area contributed by atoms with E-state index in [4.69, 9.17) is 4.74 Å². The molecule has 136 valence electrons. The third kappa shape index (κ3) is 5.44. The quantitative estimate of drug-likeness (QED) is 0.475. The number of hydrazone groups is 1. The minimum atomic E-state index is -0.829. The van der Waals surface area contributed by atoms with Crippen molar-refractivity contribution >= 4 is 23.7 Å². The molecule has 0 aliphatic carbocycles. The molecule has 0 bridgehead atoms. The van der Waals surface area contributed by atoms with E-state index in [1.54, 1.807) is 6.07 Å². The smallest absolute Gasteiger partial charge is 0.329 e. The van der Waals surface area contributed by atoms with E-state index in [1.807, 2.05) is 57.2 Å². The standard InChI is InChI=1S/C20H23N3O3/c1-4-12-26-17-10-8-16(9-11-17)13-21-23-20(25)19(24)22-18-7-5-6-14(2)15(18)3/h5-11,13H,4,12H2,1-3H3,(H,22,24)(H,23,25)/b21-13-. The Kier molecular flexibility index (Phi) is 6.91. The van der Waals surface area contributed by atoms with E-state index in [1.165, 1.54) is 6.21 Å². The summed E-state index contributed by atoms with van der Waals surface area (Å²) in [6.45, 7) is 6.53. The number of nitrogens with one attached hydrogen (secondary N) is 2. The Morgan fingerprint density at radius 2 is 1.81 bits per heavy atom. The van der Waals surface area contributed by atoms with Crippen molar-refractivity contribution < 1.29 is 14.3 Å². The van der Waals surface area contributed by atoms with Crippen LogP contribution in [0.1, 0.15) is 30.0 Å². The molecule has 6 heteroatoms. The molecule has 0 spiro atoms. The highest BCUT2D eigenvalue weighted by molar-refractivity contribution is 6.39. The monoisotopic (exact) mass is 353 g/mol. The van der Waals surface area contributed by atoms with Crippen LogP contribution in [0.15, 0.2) is 47.6 Å². The maximum absolute atomic E-state index is 11.9. The molecule has 0 radical (unpaired) electrons. The summed E-state index contributed by atoms with van der Waals surface area (Å²) in [6.07, 6.45) is 2.41. The minimum absolute atomic E-state index is 0.608. The van der Waals surface area contributed by atoms with Gasteiger partial charge in [-0.2, -0.15) is 5.10 Å². The molecule has 26 heavy (non-hydrogen) atoms. The number of benzene rings is 2. The Morgan fingerprint density at radius 1 is 1.08 bits per heavy atom. The fraction of sp³-hybridized carbons (Fsp3) is 0.250. The van der Waals surface area contributed by atoms with Gasteiger partial charge in [0.1, 0.15) is 5.75 Å². The second-order valence-electron chi connectivity index (χ2n) is 5.82. The van der Waals surface area contributed by atoms with Crippen molar-refractivity contribution in [2.75, 3.05) is 11.9 Å². The van der Waals surface area contributed by atoms with Crippen LogP contribution < -0.4 is 15.5 Å². The maximum atomic E-state index is 11.9. The summed E-state index contributed by atoms with van der Waals surface area (Å²) in [5.74, 6) is -0.815. The zero-order valence-electron chi connectivity index (χ0n) is 15.2. The Hall–Kier alpha value is -3.15. The van der Waals surface area contributed by atoms with Gasteiger partial charge in [0.15, 0.2) is 0 Å². The molecule has 0 atom stereocenters. The van der Waals surface area contributed by atoms with Crippen molar-refractivity contribution in [3.8, 4) is 5.75 Å². The van der Waals surface area contributed by atoms with Crippen molar-refractivity contribution in [3.05, 3.63) is 59.2 Å². The van der Waals surface area contributed by atoms with Gasteiger partial charge in [0.05, 0.1) is 12.8 Å². The van der Waals surface area contributed by atoms with Crippen LogP contribution in [-0.4, -0.2) is 24.6 Å². The molecule has 2 aromatic carbocycles. The summed E-state index contributed by atoms with van der Waals surface area (Å²) in [5, 5.41) is 6.39. The second kappa shape index (κ2) is 9.36. The molecule has 0 aromatic heterocycles. The van der Waals surface area contributed by atoms with Crippen molar-refractivity contribution in [2.24, 2.45) is 5.10 Å². The van der Waals surface area contributed by atoms with Gasteiger partial charge in [-0.15, -0.1) is 0 Å². The predicted octanol–water partition coefficient (Wildman–Crippen LogP) is 3.18. The molecule has 0 unspecified atom stereocenters. The van der Waals surface area contributed by atoms with Crippen LogP contribution in [-0.2, 0) is 9.59 Å². The highest BCUT2D eigenvalue weighted by Gasteiger charge is 2.14. The van der Waals surface area contributed by atoms with E-state index in [0.717, 1.165) is 28.9 Å². The van der Waals surface area contributed by atoms with Gasteiger partial charge in [-0.3, -0.25) is 9.59 Å². The summed E-state index contributed by atoms with van der Waals surface area (Å²) in [5.41, 5.74) is 5.56. The number of ether oxygens (including phenoxy) is 1. The van der Waals surface area contributed by atoms with E-state index in [2.05, 4.69) is 15.8 Å². The Balaban J connectivity index is 1.88. The van der Waals surface area contributed by atoms with Crippen molar-refractivity contribution in [2.45, 2.75) is 27.2 Å². The summed E-state index contributed by atoms with van der Waals surface area (Å²) in [4.78, 5) is 23.8. The molecule has 0 aliphatic heterocycles. The third-order valence-electron chi connectivity index (χ3n) is 3.79. The van der Waals surface area contributed by atoms with Gasteiger partial charge >= 0.3 is 11.8 Å². The van der Waals surface area contributed by atoms with Crippen LogP contribution >= 0.6 is 0 Å². The average Bonchev–Trinajstić information content (AvgIpc) is 2.64. The zero-order valence-corrected chi connectivity index (χ0v) is 15.2. The topological polar surface area (TPSA) is 79.8 Å². The molecular formula is C20H23N3O3. The summed E-state index contributed by atoms with van der Waals surface area (Å²) >= 11 is 0. The highest BCUT2D eigenvalue weighted by atomic mass is 16.5. The number of carbonyl (C=O) groups is 2. The number of hydrogen-bond acceptors (Lipinski definition) is 4. The number of nitrogens with zero attached hydrogens (tertiary/aromatic N) is 1. The van der Waals surface area contributed by atoms with Gasteiger partial charge in [0.25, 0.3) is 0 Å². The third-order valence-corrected chi connectivity index (χ3v) is 3.79. The molecule has 0 aliphatic rings. The molecule has 2 amide bonds. The molecule has 0 saturated carbocycles. The van der Waals surface area contributed by atoms with Crippen molar-refractivity contribution in [1.82, 2.24) is 5.43 Å². The zero-order chi connectivity index (χ0) is 18.9.